The Balaban J connectivity index is 2.50. The molecular weight excluding hydrogens is 196 g/mol. The van der Waals surface area contributed by atoms with Gasteiger partial charge in [0.1, 0.15) is 0 Å². The summed E-state index contributed by atoms with van der Waals surface area (Å²) < 4.78 is 0. The van der Waals surface area contributed by atoms with Gasteiger partial charge in [-0.15, -0.1) is 0 Å². The molecule has 0 fully saturated rings. The highest BCUT2D eigenvalue weighted by atomic mass is 14.6. The molecule has 2 N–H and O–H groups in total. The second kappa shape index (κ2) is 3.89. The maximum absolute atomic E-state index is 7.63. The lowest BCUT2D eigenvalue weighted by Gasteiger charge is -2.07. The second-order valence-corrected chi connectivity index (χ2v) is 4.06. The molecule has 0 spiro atoms. The first-order valence-electron chi connectivity index (χ1n) is 5.23. The summed E-state index contributed by atoms with van der Waals surface area (Å²) in [5, 5.41) is 0. The smallest absolute Gasteiger partial charge is 0.0569 e. The van der Waals surface area contributed by atoms with Crippen LogP contribution in [-0.4, -0.2) is 0 Å². The Kier molecular flexibility index (Phi) is 2.57. The average Bonchev–Trinajstić information content (AvgIpc) is 2.26. The number of aryl methyl sites for hydroxylation is 2. The first-order chi connectivity index (χ1) is 7.58. The van der Waals surface area contributed by atoms with Gasteiger partial charge in [0, 0.05) is 0 Å². The third-order valence-corrected chi connectivity index (χ3v) is 2.79. The van der Waals surface area contributed by atoms with Gasteiger partial charge in [-0.05, 0) is 60.4 Å². The van der Waals surface area contributed by atoms with E-state index < -0.39 is 0 Å². The van der Waals surface area contributed by atoms with E-state index in [0.717, 1.165) is 22.3 Å². The first-order valence-corrected chi connectivity index (χ1v) is 5.23. The van der Waals surface area contributed by atoms with Crippen molar-refractivity contribution in [3.8, 4) is 11.1 Å². The Morgan fingerprint density at radius 1 is 0.688 bits per heavy atom. The van der Waals surface area contributed by atoms with Crippen molar-refractivity contribution in [2.24, 2.45) is 0 Å². The lowest BCUT2D eigenvalue weighted by molar-refractivity contribution is 1.35. The summed E-state index contributed by atoms with van der Waals surface area (Å²) in [4.78, 5) is 0. The molecular formula is C14H14N2. The van der Waals surface area contributed by atoms with Crippen molar-refractivity contribution in [2.75, 3.05) is 0 Å². The van der Waals surface area contributed by atoms with Crippen molar-refractivity contribution in [1.29, 1.82) is 0 Å². The summed E-state index contributed by atoms with van der Waals surface area (Å²) in [6.45, 7) is 3.88. The Morgan fingerprint density at radius 2 is 1.06 bits per heavy atom. The minimum absolute atomic E-state index is 0.567. The Hall–Kier alpha value is -1.96. The van der Waals surface area contributed by atoms with Crippen LogP contribution in [0.2, 0.25) is 0 Å². The molecule has 0 atom stereocenters. The minimum atomic E-state index is 0.567. The molecule has 0 aliphatic rings. The fourth-order valence-corrected chi connectivity index (χ4v) is 1.69. The van der Waals surface area contributed by atoms with Crippen molar-refractivity contribution in [3.63, 3.8) is 0 Å². The molecule has 2 rings (SSSR count). The number of hydrogen-bond acceptors (Lipinski definition) is 0. The molecule has 2 nitrogen and oxygen atoms in total. The number of rotatable bonds is 1. The number of benzene rings is 2. The zero-order chi connectivity index (χ0) is 11.7. The summed E-state index contributed by atoms with van der Waals surface area (Å²) in [6.07, 6.45) is 0. The molecule has 0 aliphatic heterocycles. The molecule has 16 heavy (non-hydrogen) atoms. The van der Waals surface area contributed by atoms with Crippen LogP contribution in [0.1, 0.15) is 11.1 Å². The average molecular weight is 210 g/mol. The normalized spacial score (nSPS) is 10.4. The Morgan fingerprint density at radius 3 is 1.38 bits per heavy atom. The zero-order valence-electron chi connectivity index (χ0n) is 9.46. The van der Waals surface area contributed by atoms with Gasteiger partial charge in [0.25, 0.3) is 0 Å². The van der Waals surface area contributed by atoms with Crippen molar-refractivity contribution >= 4 is 11.4 Å². The van der Waals surface area contributed by atoms with Crippen LogP contribution in [-0.2, 0) is 0 Å². The van der Waals surface area contributed by atoms with Crippen molar-refractivity contribution in [2.45, 2.75) is 13.8 Å². The third kappa shape index (κ3) is 1.87. The van der Waals surface area contributed by atoms with Crippen LogP contribution in [0.3, 0.4) is 0 Å². The van der Waals surface area contributed by atoms with E-state index in [4.69, 9.17) is 11.5 Å². The number of nitrogens with one attached hydrogen (secondary N) is 2. The van der Waals surface area contributed by atoms with E-state index >= 15 is 0 Å². The molecule has 0 unspecified atom stereocenters. The highest BCUT2D eigenvalue weighted by Gasteiger charge is 2.02. The van der Waals surface area contributed by atoms with E-state index in [1.807, 2.05) is 50.2 Å². The van der Waals surface area contributed by atoms with Gasteiger partial charge in [-0.2, -0.15) is 0 Å². The monoisotopic (exact) mass is 210 g/mol. The fraction of sp³-hybridized carbons (Fsp3) is 0.143. The molecule has 0 saturated carbocycles. The van der Waals surface area contributed by atoms with Crippen molar-refractivity contribution in [1.82, 2.24) is 11.5 Å². The molecule has 0 aliphatic carbocycles. The van der Waals surface area contributed by atoms with Crippen LogP contribution in [0.4, 0.5) is 11.4 Å². The van der Waals surface area contributed by atoms with Gasteiger partial charge in [-0.25, -0.2) is 0 Å². The Labute approximate surface area is 95.9 Å². The summed E-state index contributed by atoms with van der Waals surface area (Å²) >= 11 is 0. The SMILES string of the molecule is Cc1cc(-c2ccc([NH])c(C)c2)ccc1[NH]. The molecule has 2 aromatic carbocycles. The van der Waals surface area contributed by atoms with Gasteiger partial charge in [-0.3, -0.25) is 0 Å². The molecule has 0 saturated heterocycles. The lowest BCUT2D eigenvalue weighted by atomic mass is 10.0. The van der Waals surface area contributed by atoms with Gasteiger partial charge in [0.05, 0.1) is 11.4 Å². The Bertz CT molecular complexity index is 481. The van der Waals surface area contributed by atoms with E-state index in [0.29, 0.717) is 11.4 Å². The van der Waals surface area contributed by atoms with E-state index in [-0.39, 0.29) is 0 Å². The predicted molar refractivity (Wildman–Crippen MR) is 66.9 cm³/mol. The number of hydrogen-bond donors (Lipinski definition) is 0. The topological polar surface area (TPSA) is 47.6 Å². The lowest BCUT2D eigenvalue weighted by Crippen LogP contribution is -1.84. The van der Waals surface area contributed by atoms with E-state index in [1.165, 1.54) is 0 Å². The first kappa shape index (κ1) is 10.6. The highest BCUT2D eigenvalue weighted by Crippen LogP contribution is 2.26. The summed E-state index contributed by atoms with van der Waals surface area (Å²) in [6, 6.07) is 11.6. The van der Waals surface area contributed by atoms with E-state index in [9.17, 15) is 0 Å². The standard InChI is InChI=1S/C14H14N2/c1-9-7-11(3-5-13(9)15)12-4-6-14(16)10(2)8-12/h3-8,15-16H,1-2H3. The van der Waals surface area contributed by atoms with Gasteiger partial charge >= 0.3 is 0 Å². The molecule has 2 radical (unpaired) electrons. The third-order valence-electron chi connectivity index (χ3n) is 2.79. The van der Waals surface area contributed by atoms with Gasteiger partial charge in [-0.1, -0.05) is 12.1 Å². The fourth-order valence-electron chi connectivity index (χ4n) is 1.69. The maximum atomic E-state index is 7.63. The summed E-state index contributed by atoms with van der Waals surface area (Å²) in [5.74, 6) is 0. The van der Waals surface area contributed by atoms with Crippen molar-refractivity contribution in [3.05, 3.63) is 47.5 Å². The van der Waals surface area contributed by atoms with Gasteiger partial charge < -0.3 is 11.5 Å². The van der Waals surface area contributed by atoms with E-state index in [2.05, 4.69) is 0 Å². The minimum Gasteiger partial charge on any atom is -0.301 e. The van der Waals surface area contributed by atoms with Crippen LogP contribution >= 0.6 is 0 Å². The summed E-state index contributed by atoms with van der Waals surface area (Å²) in [7, 11) is 0. The van der Waals surface area contributed by atoms with Crippen LogP contribution < -0.4 is 11.5 Å². The largest absolute Gasteiger partial charge is 0.301 e. The zero-order valence-corrected chi connectivity index (χ0v) is 9.46. The second-order valence-electron chi connectivity index (χ2n) is 4.06. The van der Waals surface area contributed by atoms with Crippen LogP contribution in [0, 0.1) is 13.8 Å². The molecule has 80 valence electrons. The molecule has 0 amide bonds. The van der Waals surface area contributed by atoms with Gasteiger partial charge in [0.2, 0.25) is 0 Å². The quantitative estimate of drug-likeness (QED) is 0.687. The maximum Gasteiger partial charge on any atom is 0.0569 e. The molecule has 2 heteroatoms. The van der Waals surface area contributed by atoms with Crippen LogP contribution in [0.25, 0.3) is 11.1 Å². The predicted octanol–water partition coefficient (Wildman–Crippen LogP) is 3.80. The van der Waals surface area contributed by atoms with E-state index in [1.54, 1.807) is 0 Å². The molecule has 0 bridgehead atoms. The molecule has 2 aromatic rings. The highest BCUT2D eigenvalue weighted by molar-refractivity contribution is 5.69. The van der Waals surface area contributed by atoms with Crippen molar-refractivity contribution < 1.29 is 0 Å². The van der Waals surface area contributed by atoms with Gasteiger partial charge in [0.15, 0.2) is 0 Å². The van der Waals surface area contributed by atoms with Crippen LogP contribution in [0.5, 0.6) is 0 Å². The molecule has 0 heterocycles. The van der Waals surface area contributed by atoms with Crippen LogP contribution in [0.15, 0.2) is 36.4 Å². The summed E-state index contributed by atoms with van der Waals surface area (Å²) in [5.41, 5.74) is 20.6. The molecule has 0 aromatic heterocycles.